The molecule has 17 heavy (non-hydrogen) atoms. The predicted molar refractivity (Wildman–Crippen MR) is 77.0 cm³/mol. The van der Waals surface area contributed by atoms with Gasteiger partial charge in [-0.15, -0.1) is 11.3 Å². The third-order valence-electron chi connectivity index (χ3n) is 4.25. The molecular weight excluding hydrogens is 250 g/mol. The first-order valence-corrected chi connectivity index (χ1v) is 7.64. The van der Waals surface area contributed by atoms with Crippen LogP contribution in [0.3, 0.4) is 0 Å². The molecule has 2 unspecified atom stereocenters. The Morgan fingerprint density at radius 3 is 2.76 bits per heavy atom. The summed E-state index contributed by atoms with van der Waals surface area (Å²) in [6.45, 7) is 4.83. The van der Waals surface area contributed by atoms with Crippen LogP contribution in [0.15, 0.2) is 12.1 Å². The highest BCUT2D eigenvalue weighted by Gasteiger charge is 2.38. The highest BCUT2D eigenvalue weighted by molar-refractivity contribution is 7.16. The van der Waals surface area contributed by atoms with Crippen LogP contribution in [0.5, 0.6) is 0 Å². The fraction of sp³-hybridized carbons (Fsp3) is 0.714. The van der Waals surface area contributed by atoms with Crippen LogP contribution in [0.4, 0.5) is 0 Å². The number of likely N-dealkylation sites (N-methyl/N-ethyl adjacent to an activating group) is 1. The summed E-state index contributed by atoms with van der Waals surface area (Å²) in [7, 11) is 2.09. The quantitative estimate of drug-likeness (QED) is 0.858. The van der Waals surface area contributed by atoms with Crippen molar-refractivity contribution in [2.45, 2.75) is 45.6 Å². The second kappa shape index (κ2) is 5.29. The molecule has 1 fully saturated rings. The summed E-state index contributed by atoms with van der Waals surface area (Å²) in [5.74, 6) is 0.786. The molecule has 0 aromatic carbocycles. The van der Waals surface area contributed by atoms with Crippen LogP contribution in [0, 0.1) is 11.3 Å². The molecule has 0 aliphatic heterocycles. The van der Waals surface area contributed by atoms with Crippen LogP contribution in [0.2, 0.25) is 4.34 Å². The van der Waals surface area contributed by atoms with Gasteiger partial charge in [-0.3, -0.25) is 0 Å². The minimum Gasteiger partial charge on any atom is -0.316 e. The molecule has 1 saturated carbocycles. The Kier molecular flexibility index (Phi) is 4.17. The third-order valence-corrected chi connectivity index (χ3v) is 5.50. The van der Waals surface area contributed by atoms with Crippen molar-refractivity contribution in [2.75, 3.05) is 7.05 Å². The molecule has 96 valence electrons. The van der Waals surface area contributed by atoms with Gasteiger partial charge in [-0.05, 0) is 49.8 Å². The van der Waals surface area contributed by atoms with Gasteiger partial charge in [-0.25, -0.2) is 0 Å². The van der Waals surface area contributed by atoms with Gasteiger partial charge < -0.3 is 5.32 Å². The molecule has 1 aromatic rings. The Hall–Kier alpha value is -0.0500. The number of hydrogen-bond donors (Lipinski definition) is 1. The molecule has 1 heterocycles. The van der Waals surface area contributed by atoms with Gasteiger partial charge in [0, 0.05) is 10.9 Å². The van der Waals surface area contributed by atoms with Crippen molar-refractivity contribution < 1.29 is 0 Å². The predicted octanol–water partition coefficient (Wildman–Crippen LogP) is 4.36. The molecule has 1 N–H and O–H groups in total. The average molecular weight is 272 g/mol. The second-order valence-electron chi connectivity index (χ2n) is 5.79. The molecule has 0 saturated heterocycles. The Morgan fingerprint density at radius 1 is 1.53 bits per heavy atom. The zero-order valence-electron chi connectivity index (χ0n) is 10.9. The van der Waals surface area contributed by atoms with Gasteiger partial charge in [0.05, 0.1) is 4.34 Å². The molecule has 1 aliphatic carbocycles. The second-order valence-corrected chi connectivity index (χ2v) is 7.59. The third kappa shape index (κ3) is 3.04. The van der Waals surface area contributed by atoms with Gasteiger partial charge in [-0.2, -0.15) is 0 Å². The molecule has 1 aromatic heterocycles. The van der Waals surface area contributed by atoms with Gasteiger partial charge in [0.2, 0.25) is 0 Å². The smallest absolute Gasteiger partial charge is 0.0931 e. The first kappa shape index (κ1) is 13.4. The number of hydrogen-bond acceptors (Lipinski definition) is 2. The minimum atomic E-state index is 0.481. The van der Waals surface area contributed by atoms with E-state index in [1.807, 2.05) is 6.07 Å². The van der Waals surface area contributed by atoms with E-state index in [4.69, 9.17) is 11.6 Å². The maximum absolute atomic E-state index is 6.00. The monoisotopic (exact) mass is 271 g/mol. The summed E-state index contributed by atoms with van der Waals surface area (Å²) in [5, 5.41) is 3.52. The van der Waals surface area contributed by atoms with Crippen LogP contribution in [-0.4, -0.2) is 13.1 Å². The van der Waals surface area contributed by atoms with E-state index >= 15 is 0 Å². The van der Waals surface area contributed by atoms with Crippen LogP contribution in [0.1, 0.15) is 38.0 Å². The summed E-state index contributed by atoms with van der Waals surface area (Å²) in [5.41, 5.74) is 0.481. The summed E-state index contributed by atoms with van der Waals surface area (Å²) >= 11 is 7.72. The van der Waals surface area contributed by atoms with Crippen molar-refractivity contribution >= 4 is 22.9 Å². The van der Waals surface area contributed by atoms with Crippen molar-refractivity contribution in [1.29, 1.82) is 0 Å². The number of halogens is 1. The average Bonchev–Trinajstić information content (AvgIpc) is 2.81. The van der Waals surface area contributed by atoms with Gasteiger partial charge in [0.1, 0.15) is 0 Å². The maximum atomic E-state index is 6.00. The summed E-state index contributed by atoms with van der Waals surface area (Å²) in [6.07, 6.45) is 5.21. The molecule has 1 nitrogen and oxygen atoms in total. The fourth-order valence-electron chi connectivity index (χ4n) is 3.22. The van der Waals surface area contributed by atoms with E-state index in [0.717, 1.165) is 16.7 Å². The highest BCUT2D eigenvalue weighted by Crippen LogP contribution is 2.45. The van der Waals surface area contributed by atoms with Crippen LogP contribution in [0.25, 0.3) is 0 Å². The van der Waals surface area contributed by atoms with Crippen LogP contribution >= 0.6 is 22.9 Å². The van der Waals surface area contributed by atoms with Gasteiger partial charge >= 0.3 is 0 Å². The van der Waals surface area contributed by atoms with Gasteiger partial charge in [-0.1, -0.05) is 31.9 Å². The van der Waals surface area contributed by atoms with Crippen molar-refractivity contribution in [1.82, 2.24) is 5.32 Å². The first-order valence-electron chi connectivity index (χ1n) is 6.44. The van der Waals surface area contributed by atoms with Crippen LogP contribution in [-0.2, 0) is 6.42 Å². The zero-order chi connectivity index (χ0) is 12.5. The summed E-state index contributed by atoms with van der Waals surface area (Å²) < 4.78 is 0.903. The normalized spacial score (nSPS) is 25.1. The molecule has 0 radical (unpaired) electrons. The van der Waals surface area contributed by atoms with E-state index in [2.05, 4.69) is 32.3 Å². The molecule has 2 atom stereocenters. The summed E-state index contributed by atoms with van der Waals surface area (Å²) in [4.78, 5) is 1.40. The largest absolute Gasteiger partial charge is 0.316 e. The standard InChI is InChI=1S/C14H22ClNS/c1-14(2)8-4-5-11(14)12(16-3)9-10-6-7-13(15)17-10/h6-7,11-12,16H,4-5,8-9H2,1-3H3. The van der Waals surface area contributed by atoms with E-state index in [9.17, 15) is 0 Å². The van der Waals surface area contributed by atoms with E-state index < -0.39 is 0 Å². The van der Waals surface area contributed by atoms with E-state index in [-0.39, 0.29) is 0 Å². The lowest BCUT2D eigenvalue weighted by Gasteiger charge is -2.34. The molecular formula is C14H22ClNS. The Morgan fingerprint density at radius 2 is 2.29 bits per heavy atom. The molecule has 3 heteroatoms. The van der Waals surface area contributed by atoms with Crippen LogP contribution < -0.4 is 5.32 Å². The van der Waals surface area contributed by atoms with Crippen molar-refractivity contribution in [2.24, 2.45) is 11.3 Å². The molecule has 0 amide bonds. The molecule has 1 aliphatic rings. The Bertz CT molecular complexity index is 372. The molecule has 0 bridgehead atoms. The van der Waals surface area contributed by atoms with E-state index in [1.165, 1.54) is 24.1 Å². The number of thiophene rings is 1. The SMILES string of the molecule is CNC(Cc1ccc(Cl)s1)C1CCCC1(C)C. The van der Waals surface area contributed by atoms with Gasteiger partial charge in [0.15, 0.2) is 0 Å². The Labute approximate surface area is 114 Å². The fourth-order valence-corrected chi connectivity index (χ4v) is 4.37. The van der Waals surface area contributed by atoms with Crippen molar-refractivity contribution in [3.05, 3.63) is 21.3 Å². The Balaban J connectivity index is 2.06. The topological polar surface area (TPSA) is 12.0 Å². The number of nitrogens with one attached hydrogen (secondary N) is 1. The van der Waals surface area contributed by atoms with Crippen molar-refractivity contribution in [3.8, 4) is 0 Å². The lowest BCUT2D eigenvalue weighted by atomic mass is 9.76. The zero-order valence-corrected chi connectivity index (χ0v) is 12.5. The highest BCUT2D eigenvalue weighted by atomic mass is 35.5. The lowest BCUT2D eigenvalue weighted by molar-refractivity contribution is 0.202. The van der Waals surface area contributed by atoms with Crippen molar-refractivity contribution in [3.63, 3.8) is 0 Å². The van der Waals surface area contributed by atoms with Gasteiger partial charge in [0.25, 0.3) is 0 Å². The number of rotatable bonds is 4. The van der Waals surface area contributed by atoms with E-state index in [1.54, 1.807) is 11.3 Å². The molecule has 0 spiro atoms. The molecule has 2 rings (SSSR count). The summed E-state index contributed by atoms with van der Waals surface area (Å²) in [6, 6.07) is 4.76. The lowest BCUT2D eigenvalue weighted by Crippen LogP contribution is -2.40. The minimum absolute atomic E-state index is 0.481. The van der Waals surface area contributed by atoms with E-state index in [0.29, 0.717) is 11.5 Å². The first-order chi connectivity index (χ1) is 8.03. The maximum Gasteiger partial charge on any atom is 0.0931 e.